The number of aliphatic hydroxyl groups is 1. The summed E-state index contributed by atoms with van der Waals surface area (Å²) in [5.41, 5.74) is 8.00. The molecule has 0 aliphatic rings. The first-order chi connectivity index (χ1) is 8.70. The predicted octanol–water partition coefficient (Wildman–Crippen LogP) is 0.712. The van der Waals surface area contributed by atoms with Gasteiger partial charge in [-0.1, -0.05) is 6.07 Å². The highest BCUT2D eigenvalue weighted by molar-refractivity contribution is 6.03. The van der Waals surface area contributed by atoms with Crippen molar-refractivity contribution in [3.63, 3.8) is 0 Å². The number of nitrogen functional groups attached to an aromatic ring is 1. The summed E-state index contributed by atoms with van der Waals surface area (Å²) in [6.07, 6.45) is 1.74. The van der Waals surface area contributed by atoms with Gasteiger partial charge in [0.15, 0.2) is 5.69 Å². The standard InChI is InChI=1S/C12H15N3O3/c1-18-12(17)11-10(14-5-7-16)9(13)8-4-2-3-6-15(8)11/h2-4,6,14,16H,5,7,13H2,1H3. The number of hydrogen-bond donors (Lipinski definition) is 3. The number of anilines is 2. The molecule has 0 amide bonds. The highest BCUT2D eigenvalue weighted by atomic mass is 16.5. The van der Waals surface area contributed by atoms with E-state index in [1.54, 1.807) is 16.7 Å². The normalized spacial score (nSPS) is 10.6. The van der Waals surface area contributed by atoms with Crippen LogP contribution in [0.15, 0.2) is 24.4 Å². The third kappa shape index (κ3) is 1.86. The summed E-state index contributed by atoms with van der Waals surface area (Å²) >= 11 is 0. The molecule has 0 unspecified atom stereocenters. The van der Waals surface area contributed by atoms with Gasteiger partial charge in [0.25, 0.3) is 0 Å². The van der Waals surface area contributed by atoms with Crippen LogP contribution in [0.4, 0.5) is 11.4 Å². The van der Waals surface area contributed by atoms with Crippen LogP contribution in [0.2, 0.25) is 0 Å². The van der Waals surface area contributed by atoms with Crippen LogP contribution >= 0.6 is 0 Å². The van der Waals surface area contributed by atoms with Crippen molar-refractivity contribution in [3.8, 4) is 0 Å². The molecule has 0 aliphatic carbocycles. The molecular weight excluding hydrogens is 234 g/mol. The minimum Gasteiger partial charge on any atom is -0.464 e. The molecule has 0 fully saturated rings. The smallest absolute Gasteiger partial charge is 0.357 e. The van der Waals surface area contributed by atoms with Gasteiger partial charge in [0.1, 0.15) is 0 Å². The number of nitrogens with zero attached hydrogens (tertiary/aromatic N) is 1. The fourth-order valence-electron chi connectivity index (χ4n) is 1.89. The van der Waals surface area contributed by atoms with E-state index in [1.807, 2.05) is 12.1 Å². The Bertz CT molecular complexity index is 577. The Balaban J connectivity index is 2.65. The van der Waals surface area contributed by atoms with E-state index in [1.165, 1.54) is 7.11 Å². The summed E-state index contributed by atoms with van der Waals surface area (Å²) < 4.78 is 6.43. The minimum atomic E-state index is -0.478. The molecule has 2 heterocycles. The first-order valence-electron chi connectivity index (χ1n) is 5.52. The molecule has 6 heteroatoms. The van der Waals surface area contributed by atoms with Crippen LogP contribution in [-0.2, 0) is 4.74 Å². The third-order valence-electron chi connectivity index (χ3n) is 2.68. The van der Waals surface area contributed by atoms with Gasteiger partial charge in [-0.15, -0.1) is 0 Å². The molecule has 0 spiro atoms. The van der Waals surface area contributed by atoms with Crippen molar-refractivity contribution in [1.82, 2.24) is 4.40 Å². The van der Waals surface area contributed by atoms with Crippen LogP contribution in [0.1, 0.15) is 10.5 Å². The van der Waals surface area contributed by atoms with Crippen molar-refractivity contribution in [1.29, 1.82) is 0 Å². The van der Waals surface area contributed by atoms with E-state index in [0.717, 1.165) is 5.52 Å². The Morgan fingerprint density at radius 3 is 3.00 bits per heavy atom. The minimum absolute atomic E-state index is 0.0494. The summed E-state index contributed by atoms with van der Waals surface area (Å²) in [6.45, 7) is 0.261. The van der Waals surface area contributed by atoms with Crippen molar-refractivity contribution in [3.05, 3.63) is 30.1 Å². The highest BCUT2D eigenvalue weighted by Gasteiger charge is 2.21. The van der Waals surface area contributed by atoms with Gasteiger partial charge in [0.2, 0.25) is 0 Å². The van der Waals surface area contributed by atoms with Crippen LogP contribution in [0.25, 0.3) is 5.52 Å². The Hall–Kier alpha value is -2.21. The van der Waals surface area contributed by atoms with Gasteiger partial charge < -0.3 is 25.3 Å². The van der Waals surface area contributed by atoms with Gasteiger partial charge in [-0.3, -0.25) is 0 Å². The Labute approximate surface area is 104 Å². The van der Waals surface area contributed by atoms with Crippen LogP contribution in [0, 0.1) is 0 Å². The average molecular weight is 249 g/mol. The lowest BCUT2D eigenvalue weighted by atomic mass is 10.3. The number of nitrogens with two attached hydrogens (primary N) is 1. The van der Waals surface area contributed by atoms with Crippen molar-refractivity contribution in [2.75, 3.05) is 31.3 Å². The topological polar surface area (TPSA) is 89.0 Å². The van der Waals surface area contributed by atoms with Crippen LogP contribution in [0.3, 0.4) is 0 Å². The molecule has 2 rings (SSSR count). The third-order valence-corrected chi connectivity index (χ3v) is 2.68. The molecule has 0 aliphatic heterocycles. The quantitative estimate of drug-likeness (QED) is 0.694. The summed E-state index contributed by atoms with van der Waals surface area (Å²) in [5, 5.41) is 11.8. The molecule has 0 aromatic carbocycles. The zero-order chi connectivity index (χ0) is 13.1. The van der Waals surface area contributed by atoms with Gasteiger partial charge in [-0.05, 0) is 12.1 Å². The van der Waals surface area contributed by atoms with Gasteiger partial charge in [0, 0.05) is 12.7 Å². The molecule has 0 atom stereocenters. The second-order valence-corrected chi connectivity index (χ2v) is 3.74. The largest absolute Gasteiger partial charge is 0.464 e. The number of esters is 1. The van der Waals surface area contributed by atoms with E-state index in [2.05, 4.69) is 5.32 Å². The van der Waals surface area contributed by atoms with Gasteiger partial charge in [-0.2, -0.15) is 0 Å². The van der Waals surface area contributed by atoms with Crippen LogP contribution in [-0.4, -0.2) is 35.7 Å². The predicted molar refractivity (Wildman–Crippen MR) is 68.7 cm³/mol. The monoisotopic (exact) mass is 249 g/mol. The number of carbonyl (C=O) groups is 1. The van der Waals surface area contributed by atoms with Crippen molar-refractivity contribution in [2.24, 2.45) is 0 Å². The number of methoxy groups -OCH3 is 1. The molecule has 0 saturated carbocycles. The molecule has 0 radical (unpaired) electrons. The maximum absolute atomic E-state index is 11.8. The van der Waals surface area contributed by atoms with E-state index >= 15 is 0 Å². The van der Waals surface area contributed by atoms with Crippen molar-refractivity contribution >= 4 is 22.9 Å². The van der Waals surface area contributed by atoms with E-state index in [0.29, 0.717) is 23.6 Å². The highest BCUT2D eigenvalue weighted by Crippen LogP contribution is 2.31. The number of hydrogen-bond acceptors (Lipinski definition) is 5. The number of rotatable bonds is 4. The van der Waals surface area contributed by atoms with E-state index in [4.69, 9.17) is 15.6 Å². The van der Waals surface area contributed by atoms with Crippen molar-refractivity contribution < 1.29 is 14.6 Å². The van der Waals surface area contributed by atoms with E-state index in [9.17, 15) is 4.79 Å². The molecule has 18 heavy (non-hydrogen) atoms. The maximum atomic E-state index is 11.8. The number of fused-ring (bicyclic) bond motifs is 1. The fraction of sp³-hybridized carbons (Fsp3) is 0.250. The first-order valence-corrected chi connectivity index (χ1v) is 5.52. The van der Waals surface area contributed by atoms with Crippen LogP contribution in [0.5, 0.6) is 0 Å². The van der Waals surface area contributed by atoms with Crippen molar-refractivity contribution in [2.45, 2.75) is 0 Å². The van der Waals surface area contributed by atoms with Crippen LogP contribution < -0.4 is 11.1 Å². The second-order valence-electron chi connectivity index (χ2n) is 3.74. The molecule has 2 aromatic rings. The Kier molecular flexibility index (Phi) is 3.38. The number of carbonyl (C=O) groups excluding carboxylic acids is 1. The molecule has 96 valence electrons. The lowest BCUT2D eigenvalue weighted by molar-refractivity contribution is 0.0594. The second kappa shape index (κ2) is 4.97. The maximum Gasteiger partial charge on any atom is 0.357 e. The number of pyridine rings is 1. The summed E-state index contributed by atoms with van der Waals surface area (Å²) in [6, 6.07) is 5.45. The SMILES string of the molecule is COC(=O)c1c(NCCO)c(N)c2ccccn12. The first kappa shape index (κ1) is 12.3. The number of aliphatic hydroxyl groups excluding tert-OH is 1. The van der Waals surface area contributed by atoms with Gasteiger partial charge in [-0.25, -0.2) is 4.79 Å². The molecular formula is C12H15N3O3. The Morgan fingerprint density at radius 1 is 1.56 bits per heavy atom. The summed E-state index contributed by atoms with van der Waals surface area (Å²) in [7, 11) is 1.32. The number of ether oxygens (including phenoxy) is 1. The zero-order valence-corrected chi connectivity index (χ0v) is 10.0. The lowest BCUT2D eigenvalue weighted by Gasteiger charge is -2.06. The number of nitrogens with one attached hydrogen (secondary N) is 1. The molecule has 2 aromatic heterocycles. The molecule has 4 N–H and O–H groups in total. The van der Waals surface area contributed by atoms with E-state index < -0.39 is 5.97 Å². The summed E-state index contributed by atoms with van der Waals surface area (Å²) in [5.74, 6) is -0.478. The molecule has 0 saturated heterocycles. The van der Waals surface area contributed by atoms with E-state index in [-0.39, 0.29) is 6.61 Å². The zero-order valence-electron chi connectivity index (χ0n) is 10.0. The molecule has 0 bridgehead atoms. The average Bonchev–Trinajstić information content (AvgIpc) is 2.69. The van der Waals surface area contributed by atoms with Gasteiger partial charge >= 0.3 is 5.97 Å². The van der Waals surface area contributed by atoms with Gasteiger partial charge in [0.05, 0.1) is 30.6 Å². The number of aromatic nitrogens is 1. The lowest BCUT2D eigenvalue weighted by Crippen LogP contribution is -2.12. The summed E-state index contributed by atoms with van der Waals surface area (Å²) in [4.78, 5) is 11.8. The fourth-order valence-corrected chi connectivity index (χ4v) is 1.89. The molecule has 6 nitrogen and oxygen atoms in total. The Morgan fingerprint density at radius 2 is 2.33 bits per heavy atom.